The van der Waals surface area contributed by atoms with Crippen LogP contribution in [0.25, 0.3) is 0 Å². The van der Waals surface area contributed by atoms with Gasteiger partial charge in [0.2, 0.25) is 5.43 Å². The number of rotatable bonds is 1. The molecule has 0 radical (unpaired) electrons. The summed E-state index contributed by atoms with van der Waals surface area (Å²) >= 11 is 6.16. The Hall–Kier alpha value is -0.680. The van der Waals surface area contributed by atoms with E-state index in [9.17, 15) is 14.7 Å². The first-order valence-electron chi connectivity index (χ1n) is 3.67. The topological polar surface area (TPSA) is 54.4 Å². The zero-order valence-corrected chi connectivity index (χ0v) is 10.3. The summed E-state index contributed by atoms with van der Waals surface area (Å²) < 4.78 is 0.584. The van der Waals surface area contributed by atoms with Crippen LogP contribution in [-0.2, 0) is 0 Å². The van der Waals surface area contributed by atoms with Gasteiger partial charge >= 0.3 is 0 Å². The highest BCUT2D eigenvalue weighted by Crippen LogP contribution is 2.29. The third-order valence-electron chi connectivity index (χ3n) is 1.63. The molecule has 0 fully saturated rings. The molecule has 74 valence electrons. The summed E-state index contributed by atoms with van der Waals surface area (Å²) in [4.78, 5) is 22.4. The predicted octanol–water partition coefficient (Wildman–Crippen LogP) is 2.48. The molecule has 0 saturated heterocycles. The number of aromatic hydroxyl groups is 1. The number of hydrogen-bond acceptors (Lipinski definition) is 3. The normalized spacial score (nSPS) is 9.93. The van der Waals surface area contributed by atoms with Crippen LogP contribution in [0.4, 0.5) is 0 Å². The monoisotopic (exact) mass is 320 g/mol. The maximum atomic E-state index is 11.2. The van der Waals surface area contributed by atoms with E-state index in [1.165, 1.54) is 19.1 Å². The molecular formula is C9H6Br2O3. The SMILES string of the molecule is CC(=O)c1c(Br)ccc(=O)c(O)c1Br. The molecule has 3 nitrogen and oxygen atoms in total. The van der Waals surface area contributed by atoms with E-state index in [-0.39, 0.29) is 15.8 Å². The molecule has 0 aliphatic rings. The number of carbonyl (C=O) groups excluding carboxylic acids is 1. The Morgan fingerprint density at radius 2 is 1.93 bits per heavy atom. The number of halogens is 2. The largest absolute Gasteiger partial charge is 0.503 e. The van der Waals surface area contributed by atoms with Gasteiger partial charge in [-0.05, 0) is 35.0 Å². The second kappa shape index (κ2) is 4.23. The summed E-state index contributed by atoms with van der Waals surface area (Å²) in [7, 11) is 0. The Kier molecular flexibility index (Phi) is 3.44. The van der Waals surface area contributed by atoms with Gasteiger partial charge in [-0.15, -0.1) is 0 Å². The van der Waals surface area contributed by atoms with Gasteiger partial charge in [-0.2, -0.15) is 0 Å². The van der Waals surface area contributed by atoms with E-state index < -0.39 is 11.2 Å². The van der Waals surface area contributed by atoms with Crippen molar-refractivity contribution in [1.82, 2.24) is 0 Å². The minimum Gasteiger partial charge on any atom is -0.503 e. The minimum absolute atomic E-state index is 0.117. The van der Waals surface area contributed by atoms with Crippen LogP contribution in [0.15, 0.2) is 25.9 Å². The Bertz CT molecular complexity index is 455. The molecule has 0 heterocycles. The fourth-order valence-corrected chi connectivity index (χ4v) is 2.53. The van der Waals surface area contributed by atoms with Crippen molar-refractivity contribution in [3.63, 3.8) is 0 Å². The first-order valence-corrected chi connectivity index (χ1v) is 5.26. The highest BCUT2D eigenvalue weighted by molar-refractivity contribution is 9.11. The Morgan fingerprint density at radius 1 is 1.36 bits per heavy atom. The number of hydrogen-bond donors (Lipinski definition) is 1. The van der Waals surface area contributed by atoms with E-state index in [4.69, 9.17) is 0 Å². The molecule has 0 spiro atoms. The zero-order chi connectivity index (χ0) is 10.9. The fourth-order valence-electron chi connectivity index (χ4n) is 0.965. The van der Waals surface area contributed by atoms with Crippen molar-refractivity contribution >= 4 is 37.6 Å². The molecule has 0 unspecified atom stereocenters. The lowest BCUT2D eigenvalue weighted by atomic mass is 10.2. The predicted molar refractivity (Wildman–Crippen MR) is 59.8 cm³/mol. The minimum atomic E-state index is -0.537. The molecule has 0 aliphatic carbocycles. The summed E-state index contributed by atoms with van der Waals surface area (Å²) in [5.74, 6) is -0.699. The van der Waals surface area contributed by atoms with Crippen LogP contribution < -0.4 is 5.43 Å². The van der Waals surface area contributed by atoms with Gasteiger partial charge in [-0.1, -0.05) is 15.9 Å². The molecular weight excluding hydrogens is 316 g/mol. The van der Waals surface area contributed by atoms with Crippen molar-refractivity contribution in [2.75, 3.05) is 0 Å². The summed E-state index contributed by atoms with van der Waals surface area (Å²) in [6.45, 7) is 1.36. The average Bonchev–Trinajstić information content (AvgIpc) is 2.19. The second-order valence-electron chi connectivity index (χ2n) is 2.64. The van der Waals surface area contributed by atoms with Crippen LogP contribution in [0.3, 0.4) is 0 Å². The molecule has 1 aromatic rings. The molecule has 14 heavy (non-hydrogen) atoms. The van der Waals surface area contributed by atoms with Gasteiger partial charge in [0.1, 0.15) is 0 Å². The maximum absolute atomic E-state index is 11.2. The van der Waals surface area contributed by atoms with Gasteiger partial charge in [0, 0.05) is 10.0 Å². The van der Waals surface area contributed by atoms with Crippen molar-refractivity contribution in [3.05, 3.63) is 36.9 Å². The van der Waals surface area contributed by atoms with E-state index in [0.29, 0.717) is 4.47 Å². The third-order valence-corrected chi connectivity index (χ3v) is 3.07. The first kappa shape index (κ1) is 11.4. The molecule has 0 aliphatic heterocycles. The van der Waals surface area contributed by atoms with E-state index in [1.54, 1.807) is 0 Å². The Labute approximate surface area is 97.0 Å². The Morgan fingerprint density at radius 3 is 2.43 bits per heavy atom. The highest BCUT2D eigenvalue weighted by atomic mass is 79.9. The van der Waals surface area contributed by atoms with Crippen LogP contribution in [0.2, 0.25) is 0 Å². The fraction of sp³-hybridized carbons (Fsp3) is 0.111. The third kappa shape index (κ3) is 2.04. The smallest absolute Gasteiger partial charge is 0.221 e. The van der Waals surface area contributed by atoms with Crippen molar-refractivity contribution in [3.8, 4) is 5.75 Å². The first-order chi connectivity index (χ1) is 6.45. The molecule has 0 atom stereocenters. The van der Waals surface area contributed by atoms with Gasteiger partial charge in [0.25, 0.3) is 0 Å². The maximum Gasteiger partial charge on any atom is 0.221 e. The molecule has 0 bridgehead atoms. The van der Waals surface area contributed by atoms with Crippen LogP contribution in [0.1, 0.15) is 17.3 Å². The summed E-state index contributed by atoms with van der Waals surface area (Å²) in [6.07, 6.45) is 0. The molecule has 1 aromatic carbocycles. The molecule has 0 amide bonds. The van der Waals surface area contributed by atoms with Crippen LogP contribution in [-0.4, -0.2) is 10.9 Å². The van der Waals surface area contributed by atoms with Crippen LogP contribution in [0.5, 0.6) is 5.75 Å². The average molecular weight is 322 g/mol. The second-order valence-corrected chi connectivity index (χ2v) is 4.29. The van der Waals surface area contributed by atoms with Crippen molar-refractivity contribution in [1.29, 1.82) is 0 Å². The summed E-state index contributed by atoms with van der Waals surface area (Å²) in [5, 5.41) is 9.39. The molecule has 0 aromatic heterocycles. The molecule has 5 heteroatoms. The molecule has 0 saturated carbocycles. The quantitative estimate of drug-likeness (QED) is 0.808. The lowest BCUT2D eigenvalue weighted by Gasteiger charge is -1.98. The van der Waals surface area contributed by atoms with Crippen molar-refractivity contribution in [2.45, 2.75) is 6.92 Å². The van der Waals surface area contributed by atoms with E-state index >= 15 is 0 Å². The standard InChI is InChI=1S/C9H6Br2O3/c1-4(12)7-5(10)2-3-6(13)9(14)8(7)11/h2-3H,1H3,(H,13,14). The number of Topliss-reactive ketones (excluding diaryl/α,β-unsaturated/α-hetero) is 1. The Balaban J connectivity index is 3.77. The lowest BCUT2D eigenvalue weighted by molar-refractivity contribution is 0.101. The van der Waals surface area contributed by atoms with Crippen LogP contribution in [0, 0.1) is 0 Å². The van der Waals surface area contributed by atoms with Crippen molar-refractivity contribution < 1.29 is 9.90 Å². The molecule has 1 N–H and O–H groups in total. The van der Waals surface area contributed by atoms with E-state index in [1.807, 2.05) is 0 Å². The van der Waals surface area contributed by atoms with Crippen molar-refractivity contribution in [2.24, 2.45) is 0 Å². The summed E-state index contributed by atoms with van der Waals surface area (Å²) in [5.41, 5.74) is -0.283. The van der Waals surface area contributed by atoms with Gasteiger partial charge in [-0.3, -0.25) is 9.59 Å². The van der Waals surface area contributed by atoms with Crippen LogP contribution >= 0.6 is 31.9 Å². The van der Waals surface area contributed by atoms with Gasteiger partial charge in [0.15, 0.2) is 11.5 Å². The van der Waals surface area contributed by atoms with Gasteiger partial charge < -0.3 is 5.11 Å². The number of ketones is 1. The zero-order valence-electron chi connectivity index (χ0n) is 7.17. The van der Waals surface area contributed by atoms with Gasteiger partial charge in [-0.25, -0.2) is 0 Å². The highest BCUT2D eigenvalue weighted by Gasteiger charge is 2.13. The summed E-state index contributed by atoms with van der Waals surface area (Å²) in [6, 6.07) is 2.63. The van der Waals surface area contributed by atoms with E-state index in [0.717, 1.165) is 0 Å². The molecule has 1 rings (SSSR count). The van der Waals surface area contributed by atoms with Gasteiger partial charge in [0.05, 0.1) is 4.47 Å². The lowest BCUT2D eigenvalue weighted by Crippen LogP contribution is -1.96. The number of carbonyl (C=O) groups is 1. The van der Waals surface area contributed by atoms with E-state index in [2.05, 4.69) is 31.9 Å².